The molecule has 156 valence electrons. The van der Waals surface area contributed by atoms with E-state index in [0.717, 1.165) is 29.6 Å². The number of ketones is 1. The second-order valence-corrected chi connectivity index (χ2v) is 7.36. The summed E-state index contributed by atoms with van der Waals surface area (Å²) in [4.78, 5) is 24.0. The van der Waals surface area contributed by atoms with Crippen LogP contribution in [0, 0.1) is 5.92 Å². The zero-order valence-corrected chi connectivity index (χ0v) is 17.6. The van der Waals surface area contributed by atoms with Gasteiger partial charge in [-0.05, 0) is 55.4 Å². The molecule has 0 aromatic heterocycles. The molecule has 1 amide bonds. The van der Waals surface area contributed by atoms with Gasteiger partial charge in [0, 0.05) is 25.3 Å². The van der Waals surface area contributed by atoms with Crippen LogP contribution in [0.1, 0.15) is 57.9 Å². The van der Waals surface area contributed by atoms with Crippen molar-refractivity contribution < 1.29 is 14.7 Å². The van der Waals surface area contributed by atoms with Crippen LogP contribution in [0.15, 0.2) is 60.2 Å². The monoisotopic (exact) mass is 395 g/mol. The van der Waals surface area contributed by atoms with Crippen molar-refractivity contribution in [3.05, 3.63) is 65.8 Å². The van der Waals surface area contributed by atoms with Gasteiger partial charge in [-0.25, -0.2) is 0 Å². The smallest absolute Gasteiger partial charge is 0.219 e. The van der Waals surface area contributed by atoms with Gasteiger partial charge < -0.3 is 10.4 Å². The molecule has 1 aliphatic rings. The number of carbonyl (C=O) groups excluding carboxylic acids is 2. The number of Topliss-reactive ketones (excluding diaryl/α,β-unsaturated/α-hetero) is 1. The minimum Gasteiger partial charge on any atom is -0.389 e. The third kappa shape index (κ3) is 7.13. The van der Waals surface area contributed by atoms with Crippen LogP contribution in [0.3, 0.4) is 0 Å². The predicted octanol–water partition coefficient (Wildman–Crippen LogP) is 4.61. The van der Waals surface area contributed by atoms with Crippen molar-refractivity contribution in [2.24, 2.45) is 5.92 Å². The fraction of sp³-hybridized carbons (Fsp3) is 0.440. The zero-order chi connectivity index (χ0) is 21.1. The number of hydrogen-bond acceptors (Lipinski definition) is 3. The Morgan fingerprint density at radius 2 is 2.00 bits per heavy atom. The number of unbranched alkanes of at least 4 members (excludes halogenated alkanes) is 1. The molecule has 1 aromatic carbocycles. The van der Waals surface area contributed by atoms with Gasteiger partial charge in [-0.1, -0.05) is 55.5 Å². The minimum absolute atomic E-state index is 0.0872. The molecule has 1 aromatic rings. The number of aliphatic hydroxyl groups excluding tert-OH is 1. The molecule has 2 atom stereocenters. The molecule has 0 heterocycles. The Hall–Kier alpha value is -2.46. The summed E-state index contributed by atoms with van der Waals surface area (Å²) in [5.41, 5.74) is 3.00. The van der Waals surface area contributed by atoms with Crippen LogP contribution in [0.25, 0.3) is 5.57 Å². The predicted molar refractivity (Wildman–Crippen MR) is 118 cm³/mol. The van der Waals surface area contributed by atoms with Crippen molar-refractivity contribution in [3.8, 4) is 0 Å². The Bertz CT molecular complexity index is 762. The van der Waals surface area contributed by atoms with E-state index in [0.29, 0.717) is 32.2 Å². The van der Waals surface area contributed by atoms with Crippen LogP contribution in [-0.4, -0.2) is 29.4 Å². The molecular weight excluding hydrogens is 362 g/mol. The lowest BCUT2D eigenvalue weighted by molar-refractivity contribution is -0.121. The Morgan fingerprint density at radius 1 is 1.24 bits per heavy atom. The van der Waals surface area contributed by atoms with Gasteiger partial charge in [0.25, 0.3) is 0 Å². The summed E-state index contributed by atoms with van der Waals surface area (Å²) in [6, 6.07) is 9.95. The van der Waals surface area contributed by atoms with Gasteiger partial charge in [-0.3, -0.25) is 9.59 Å². The van der Waals surface area contributed by atoms with E-state index in [-0.39, 0.29) is 17.6 Å². The average Bonchev–Trinajstić information content (AvgIpc) is 3.09. The first-order valence-corrected chi connectivity index (χ1v) is 10.7. The first-order valence-electron chi connectivity index (χ1n) is 10.7. The van der Waals surface area contributed by atoms with Crippen molar-refractivity contribution in [2.75, 3.05) is 6.54 Å². The van der Waals surface area contributed by atoms with E-state index >= 15 is 0 Å². The number of carbonyl (C=O) groups is 2. The molecule has 0 radical (unpaired) electrons. The number of allylic oxidation sites excluding steroid dienone is 5. The Labute approximate surface area is 174 Å². The number of hydrogen-bond donors (Lipinski definition) is 2. The number of nitrogens with one attached hydrogen (secondary N) is 1. The third-order valence-electron chi connectivity index (χ3n) is 5.15. The van der Waals surface area contributed by atoms with Crippen LogP contribution in [0.4, 0.5) is 0 Å². The second kappa shape index (κ2) is 12.2. The number of amides is 1. The maximum absolute atomic E-state index is 12.5. The molecule has 4 nitrogen and oxygen atoms in total. The minimum atomic E-state index is -0.535. The lowest BCUT2D eigenvalue weighted by Crippen LogP contribution is -2.21. The van der Waals surface area contributed by atoms with Gasteiger partial charge in [0.1, 0.15) is 5.78 Å². The fourth-order valence-electron chi connectivity index (χ4n) is 3.53. The van der Waals surface area contributed by atoms with Gasteiger partial charge in [0.15, 0.2) is 0 Å². The van der Waals surface area contributed by atoms with Gasteiger partial charge in [0.05, 0.1) is 6.10 Å². The van der Waals surface area contributed by atoms with Crippen molar-refractivity contribution in [1.82, 2.24) is 5.32 Å². The summed E-state index contributed by atoms with van der Waals surface area (Å²) in [7, 11) is 0. The van der Waals surface area contributed by atoms with Gasteiger partial charge >= 0.3 is 0 Å². The van der Waals surface area contributed by atoms with E-state index in [1.54, 1.807) is 0 Å². The SMILES string of the molecule is CCNC(=O)CCCC=CC[C@H]1C(=O)CC=C1C(=C[C@@H](O)CC)c1ccccc1. The van der Waals surface area contributed by atoms with Crippen molar-refractivity contribution in [1.29, 1.82) is 0 Å². The van der Waals surface area contributed by atoms with Crippen molar-refractivity contribution in [2.45, 2.75) is 58.5 Å². The molecule has 0 spiro atoms. The number of rotatable bonds is 11. The fourth-order valence-corrected chi connectivity index (χ4v) is 3.53. The molecule has 0 saturated carbocycles. The van der Waals surface area contributed by atoms with E-state index in [1.165, 1.54) is 0 Å². The van der Waals surface area contributed by atoms with Crippen LogP contribution in [0.5, 0.6) is 0 Å². The highest BCUT2D eigenvalue weighted by molar-refractivity contribution is 5.96. The van der Waals surface area contributed by atoms with Crippen LogP contribution in [0.2, 0.25) is 0 Å². The Kier molecular flexibility index (Phi) is 9.58. The Balaban J connectivity index is 2.04. The summed E-state index contributed by atoms with van der Waals surface area (Å²) >= 11 is 0. The number of benzene rings is 1. The van der Waals surface area contributed by atoms with E-state index in [4.69, 9.17) is 0 Å². The zero-order valence-electron chi connectivity index (χ0n) is 17.6. The number of aliphatic hydroxyl groups is 1. The molecule has 0 unspecified atom stereocenters. The quantitative estimate of drug-likeness (QED) is 0.425. The lowest BCUT2D eigenvalue weighted by Gasteiger charge is -2.17. The van der Waals surface area contributed by atoms with Gasteiger partial charge in [-0.15, -0.1) is 0 Å². The molecule has 4 heteroatoms. The maximum Gasteiger partial charge on any atom is 0.219 e. The largest absolute Gasteiger partial charge is 0.389 e. The molecule has 0 fully saturated rings. The highest BCUT2D eigenvalue weighted by Crippen LogP contribution is 2.37. The molecule has 0 bridgehead atoms. The lowest BCUT2D eigenvalue weighted by atomic mass is 9.86. The summed E-state index contributed by atoms with van der Waals surface area (Å²) in [5.74, 6) is 0.133. The van der Waals surface area contributed by atoms with Gasteiger partial charge in [0.2, 0.25) is 5.91 Å². The first-order chi connectivity index (χ1) is 14.1. The van der Waals surface area contributed by atoms with Crippen molar-refractivity contribution in [3.63, 3.8) is 0 Å². The summed E-state index contributed by atoms with van der Waals surface area (Å²) in [6.07, 6.45) is 11.4. The van der Waals surface area contributed by atoms with E-state index in [1.807, 2.05) is 56.3 Å². The second-order valence-electron chi connectivity index (χ2n) is 7.36. The summed E-state index contributed by atoms with van der Waals surface area (Å²) in [5, 5.41) is 13.0. The highest BCUT2D eigenvalue weighted by Gasteiger charge is 2.29. The van der Waals surface area contributed by atoms with Crippen molar-refractivity contribution >= 4 is 17.3 Å². The van der Waals surface area contributed by atoms with Crippen LogP contribution < -0.4 is 5.32 Å². The topological polar surface area (TPSA) is 66.4 Å². The van der Waals surface area contributed by atoms with E-state index in [2.05, 4.69) is 17.5 Å². The molecular formula is C25H33NO3. The summed E-state index contributed by atoms with van der Waals surface area (Å²) in [6.45, 7) is 4.52. The van der Waals surface area contributed by atoms with E-state index < -0.39 is 6.10 Å². The average molecular weight is 396 g/mol. The molecule has 2 rings (SSSR count). The first kappa shape index (κ1) is 22.8. The van der Waals surface area contributed by atoms with Gasteiger partial charge in [-0.2, -0.15) is 0 Å². The molecule has 2 N–H and O–H groups in total. The highest BCUT2D eigenvalue weighted by atomic mass is 16.3. The maximum atomic E-state index is 12.5. The Morgan fingerprint density at radius 3 is 2.69 bits per heavy atom. The summed E-state index contributed by atoms with van der Waals surface area (Å²) < 4.78 is 0. The molecule has 1 aliphatic carbocycles. The third-order valence-corrected chi connectivity index (χ3v) is 5.15. The van der Waals surface area contributed by atoms with Crippen LogP contribution in [-0.2, 0) is 9.59 Å². The molecule has 29 heavy (non-hydrogen) atoms. The molecule has 0 aliphatic heterocycles. The van der Waals surface area contributed by atoms with E-state index in [9.17, 15) is 14.7 Å². The molecule has 0 saturated heterocycles. The normalized spacial score (nSPS) is 18.2. The standard InChI is InChI=1S/C25H33NO3/c1-3-20(27)18-23(19-12-8-7-9-13-19)21-16-17-24(28)22(21)14-10-5-6-11-15-25(29)26-4-2/h5,7-10,12-13,16,18,20,22,27H,3-4,6,11,14-15,17H2,1-2H3,(H,26,29)/t20-,22+/m0/s1. The van der Waals surface area contributed by atoms with Crippen LogP contribution >= 0.6 is 0 Å².